The zero-order valence-corrected chi connectivity index (χ0v) is 10.9. The maximum absolute atomic E-state index is 13.1. The van der Waals surface area contributed by atoms with Gasteiger partial charge in [-0.2, -0.15) is 18.3 Å². The van der Waals surface area contributed by atoms with Gasteiger partial charge in [-0.3, -0.25) is 0 Å². The van der Waals surface area contributed by atoms with Gasteiger partial charge in [0, 0.05) is 11.8 Å². The molecule has 3 rings (SSSR count). The Balaban J connectivity index is 2.13. The molecule has 2 aromatic heterocycles. The van der Waals surface area contributed by atoms with E-state index >= 15 is 0 Å². The Kier molecular flexibility index (Phi) is 3.17. The Hall–Kier alpha value is -2.34. The molecule has 0 aliphatic heterocycles. The third-order valence-electron chi connectivity index (χ3n) is 3.39. The summed E-state index contributed by atoms with van der Waals surface area (Å²) in [6.45, 7) is 0. The van der Waals surface area contributed by atoms with Crippen LogP contribution in [0, 0.1) is 0 Å². The minimum Gasteiger partial charge on any atom is -0.320 e. The molecule has 0 saturated carbocycles. The lowest BCUT2D eigenvalue weighted by atomic mass is 9.95. The second kappa shape index (κ2) is 4.89. The molecule has 0 saturated heterocycles. The first-order valence-corrected chi connectivity index (χ1v) is 6.32. The number of benzene rings is 1. The van der Waals surface area contributed by atoms with Crippen LogP contribution < -0.4 is 5.73 Å². The molecule has 0 bridgehead atoms. The van der Waals surface area contributed by atoms with E-state index in [9.17, 15) is 13.2 Å². The van der Waals surface area contributed by atoms with Crippen molar-refractivity contribution in [1.29, 1.82) is 0 Å². The molecule has 0 radical (unpaired) electrons. The highest BCUT2D eigenvalue weighted by Gasteiger charge is 2.34. The number of hydrogen-bond acceptors (Lipinski definition) is 2. The molecule has 0 fully saturated rings. The van der Waals surface area contributed by atoms with E-state index in [2.05, 4.69) is 5.10 Å². The van der Waals surface area contributed by atoms with Gasteiger partial charge in [0.1, 0.15) is 0 Å². The highest BCUT2D eigenvalue weighted by atomic mass is 19.4. The third-order valence-corrected chi connectivity index (χ3v) is 3.39. The molecular weight excluding hydrogens is 279 g/mol. The smallest absolute Gasteiger partial charge is 0.320 e. The Labute approximate surface area is 118 Å². The highest BCUT2D eigenvalue weighted by molar-refractivity contribution is 5.57. The lowest BCUT2D eigenvalue weighted by molar-refractivity contribution is -0.138. The van der Waals surface area contributed by atoms with E-state index in [-0.39, 0.29) is 5.56 Å². The maximum Gasteiger partial charge on any atom is 0.416 e. The molecule has 21 heavy (non-hydrogen) atoms. The molecule has 0 aliphatic carbocycles. The van der Waals surface area contributed by atoms with Crippen LogP contribution in [0.5, 0.6) is 0 Å². The van der Waals surface area contributed by atoms with Gasteiger partial charge in [-0.05, 0) is 23.8 Å². The van der Waals surface area contributed by atoms with Crippen LogP contribution in [0.3, 0.4) is 0 Å². The zero-order chi connectivity index (χ0) is 15.0. The molecule has 3 nitrogen and oxygen atoms in total. The molecule has 1 aromatic carbocycles. The fourth-order valence-electron chi connectivity index (χ4n) is 2.39. The number of halogens is 3. The van der Waals surface area contributed by atoms with Crippen LogP contribution in [-0.4, -0.2) is 9.61 Å². The molecule has 1 atom stereocenters. The summed E-state index contributed by atoms with van der Waals surface area (Å²) >= 11 is 0. The normalized spacial score (nSPS) is 13.5. The van der Waals surface area contributed by atoms with Crippen LogP contribution in [0.1, 0.15) is 22.7 Å². The molecule has 108 valence electrons. The molecule has 2 N–H and O–H groups in total. The first kappa shape index (κ1) is 13.6. The second-order valence-electron chi connectivity index (χ2n) is 4.69. The Morgan fingerprint density at radius 2 is 1.71 bits per heavy atom. The van der Waals surface area contributed by atoms with E-state index in [1.807, 2.05) is 0 Å². The van der Waals surface area contributed by atoms with Crippen molar-refractivity contribution in [1.82, 2.24) is 9.61 Å². The number of hydrogen-bond donors (Lipinski definition) is 1. The van der Waals surface area contributed by atoms with Gasteiger partial charge < -0.3 is 5.73 Å². The number of nitrogens with two attached hydrogens (primary N) is 1. The van der Waals surface area contributed by atoms with Crippen molar-refractivity contribution in [2.45, 2.75) is 12.2 Å². The highest BCUT2D eigenvalue weighted by Crippen LogP contribution is 2.36. The summed E-state index contributed by atoms with van der Waals surface area (Å²) < 4.78 is 40.9. The van der Waals surface area contributed by atoms with E-state index in [0.717, 1.165) is 6.07 Å². The van der Waals surface area contributed by atoms with Crippen LogP contribution in [-0.2, 0) is 6.18 Å². The number of aromatic nitrogens is 2. The van der Waals surface area contributed by atoms with Gasteiger partial charge in [-0.1, -0.05) is 24.3 Å². The summed E-state index contributed by atoms with van der Waals surface area (Å²) in [6.07, 6.45) is -1.20. The Morgan fingerprint density at radius 1 is 1.00 bits per heavy atom. The Morgan fingerprint density at radius 3 is 2.48 bits per heavy atom. The van der Waals surface area contributed by atoms with Crippen LogP contribution in [0.25, 0.3) is 5.52 Å². The monoisotopic (exact) mass is 291 g/mol. The van der Waals surface area contributed by atoms with E-state index < -0.39 is 17.8 Å². The van der Waals surface area contributed by atoms with E-state index in [0.29, 0.717) is 11.1 Å². The minimum atomic E-state index is -4.43. The fourth-order valence-corrected chi connectivity index (χ4v) is 2.39. The van der Waals surface area contributed by atoms with E-state index in [1.165, 1.54) is 18.3 Å². The average molecular weight is 291 g/mol. The van der Waals surface area contributed by atoms with Crippen LogP contribution in [0.2, 0.25) is 0 Å². The largest absolute Gasteiger partial charge is 0.416 e. The van der Waals surface area contributed by atoms with Gasteiger partial charge in [-0.25, -0.2) is 4.52 Å². The number of alkyl halides is 3. The third kappa shape index (κ3) is 2.38. The summed E-state index contributed by atoms with van der Waals surface area (Å²) in [7, 11) is 0. The summed E-state index contributed by atoms with van der Waals surface area (Å²) in [4.78, 5) is 0. The summed E-state index contributed by atoms with van der Waals surface area (Å²) in [5, 5.41) is 4.11. The molecule has 0 aliphatic rings. The van der Waals surface area contributed by atoms with Crippen LogP contribution in [0.15, 0.2) is 54.9 Å². The summed E-state index contributed by atoms with van der Waals surface area (Å²) in [6, 6.07) is 9.83. The van der Waals surface area contributed by atoms with Crippen molar-refractivity contribution < 1.29 is 13.2 Å². The van der Waals surface area contributed by atoms with Gasteiger partial charge >= 0.3 is 6.18 Å². The predicted molar refractivity (Wildman–Crippen MR) is 72.7 cm³/mol. The molecule has 0 amide bonds. The van der Waals surface area contributed by atoms with Crippen molar-refractivity contribution in [2.75, 3.05) is 0 Å². The topological polar surface area (TPSA) is 43.3 Å². The molecule has 0 spiro atoms. The lowest BCUT2D eigenvalue weighted by Crippen LogP contribution is -2.18. The minimum absolute atomic E-state index is 0.0451. The predicted octanol–water partition coefficient (Wildman–Crippen LogP) is 3.40. The van der Waals surface area contributed by atoms with Crippen molar-refractivity contribution in [3.05, 3.63) is 71.5 Å². The SMILES string of the molecule is NC(c1ccccc1C(F)(F)F)c1cnn2ccccc12. The van der Waals surface area contributed by atoms with Crippen molar-refractivity contribution in [3.8, 4) is 0 Å². The van der Waals surface area contributed by atoms with Crippen molar-refractivity contribution in [2.24, 2.45) is 5.73 Å². The van der Waals surface area contributed by atoms with Crippen molar-refractivity contribution in [3.63, 3.8) is 0 Å². The molecule has 6 heteroatoms. The number of fused-ring (bicyclic) bond motifs is 1. The van der Waals surface area contributed by atoms with Gasteiger partial charge in [0.15, 0.2) is 0 Å². The quantitative estimate of drug-likeness (QED) is 0.786. The lowest BCUT2D eigenvalue weighted by Gasteiger charge is -2.17. The van der Waals surface area contributed by atoms with E-state index in [1.54, 1.807) is 35.0 Å². The molecule has 1 unspecified atom stereocenters. The molecule has 3 aromatic rings. The first-order chi connectivity index (χ1) is 9.98. The maximum atomic E-state index is 13.1. The van der Waals surface area contributed by atoms with Gasteiger partial charge in [0.2, 0.25) is 0 Å². The van der Waals surface area contributed by atoms with Gasteiger partial charge in [0.05, 0.1) is 23.3 Å². The van der Waals surface area contributed by atoms with Crippen molar-refractivity contribution >= 4 is 5.52 Å². The standard InChI is InChI=1S/C15H12F3N3/c16-15(17,18)12-6-2-1-5-10(12)14(19)11-9-20-21-8-4-3-7-13(11)21/h1-9,14H,19H2. The second-order valence-corrected chi connectivity index (χ2v) is 4.69. The van der Waals surface area contributed by atoms with Gasteiger partial charge in [0.25, 0.3) is 0 Å². The first-order valence-electron chi connectivity index (χ1n) is 6.32. The molecular formula is C15H12F3N3. The average Bonchev–Trinajstić information content (AvgIpc) is 2.89. The summed E-state index contributed by atoms with van der Waals surface area (Å²) in [5.74, 6) is 0. The summed E-state index contributed by atoms with van der Waals surface area (Å²) in [5.41, 5.74) is 6.66. The molecule has 2 heterocycles. The number of nitrogens with zero attached hydrogens (tertiary/aromatic N) is 2. The van der Waals surface area contributed by atoms with Crippen LogP contribution in [0.4, 0.5) is 13.2 Å². The Bertz CT molecular complexity index is 777. The van der Waals surface area contributed by atoms with E-state index in [4.69, 9.17) is 5.73 Å². The number of rotatable bonds is 2. The van der Waals surface area contributed by atoms with Gasteiger partial charge in [-0.15, -0.1) is 0 Å². The zero-order valence-electron chi connectivity index (χ0n) is 10.9. The number of pyridine rings is 1. The fraction of sp³-hybridized carbons (Fsp3) is 0.133. The van der Waals surface area contributed by atoms with Crippen LogP contribution >= 0.6 is 0 Å².